The highest BCUT2D eigenvalue weighted by molar-refractivity contribution is 5.81. The fourth-order valence-corrected chi connectivity index (χ4v) is 3.69. The molecular formula is C23H24F2N2O5. The Hall–Kier alpha value is -3.49. The monoisotopic (exact) mass is 446 g/mol. The second-order valence-electron chi connectivity index (χ2n) is 7.65. The number of alkyl halides is 2. The van der Waals surface area contributed by atoms with E-state index in [0.717, 1.165) is 22.3 Å². The maximum Gasteiger partial charge on any atom is 0.407 e. The number of hydrogen-bond acceptors (Lipinski definition) is 4. The molecule has 7 nitrogen and oxygen atoms in total. The van der Waals surface area contributed by atoms with Gasteiger partial charge in [0.25, 0.3) is 6.43 Å². The fourth-order valence-electron chi connectivity index (χ4n) is 3.69. The number of carbonyl (C=O) groups is 3. The van der Waals surface area contributed by atoms with Gasteiger partial charge in [-0.15, -0.1) is 0 Å². The number of halogens is 2. The Morgan fingerprint density at radius 2 is 1.59 bits per heavy atom. The summed E-state index contributed by atoms with van der Waals surface area (Å²) in [5.74, 6) is -3.20. The highest BCUT2D eigenvalue weighted by atomic mass is 19.3. The van der Waals surface area contributed by atoms with Crippen LogP contribution in [-0.4, -0.2) is 48.7 Å². The van der Waals surface area contributed by atoms with E-state index in [4.69, 9.17) is 9.84 Å². The van der Waals surface area contributed by atoms with Crippen LogP contribution in [0.25, 0.3) is 11.1 Å². The summed E-state index contributed by atoms with van der Waals surface area (Å²) >= 11 is 0. The van der Waals surface area contributed by atoms with Crippen LogP contribution in [-0.2, 0) is 14.3 Å². The van der Waals surface area contributed by atoms with Gasteiger partial charge in [-0.05, 0) is 22.3 Å². The lowest BCUT2D eigenvalue weighted by atomic mass is 9.98. The Balaban J connectivity index is 1.51. The highest BCUT2D eigenvalue weighted by Crippen LogP contribution is 2.44. The molecule has 0 aromatic heterocycles. The normalized spacial score (nSPS) is 14.2. The van der Waals surface area contributed by atoms with Crippen LogP contribution >= 0.6 is 0 Å². The Kier molecular flexibility index (Phi) is 7.40. The molecule has 0 aliphatic heterocycles. The molecule has 0 heterocycles. The van der Waals surface area contributed by atoms with Crippen molar-refractivity contribution in [2.45, 2.75) is 31.7 Å². The maximum absolute atomic E-state index is 12.9. The summed E-state index contributed by atoms with van der Waals surface area (Å²) in [6, 6.07) is 14.0. The SMILES string of the molecule is CC(CNC(=O)OCC1c2ccccc2-c2ccccc21)C(=O)NC(CC(=O)O)C(F)F. The number of amides is 2. The second kappa shape index (κ2) is 10.2. The van der Waals surface area contributed by atoms with Gasteiger partial charge < -0.3 is 20.5 Å². The van der Waals surface area contributed by atoms with Crippen molar-refractivity contribution >= 4 is 18.0 Å². The summed E-state index contributed by atoms with van der Waals surface area (Å²) in [5, 5.41) is 13.1. The molecule has 9 heteroatoms. The van der Waals surface area contributed by atoms with Crippen LogP contribution < -0.4 is 10.6 Å². The predicted octanol–water partition coefficient (Wildman–Crippen LogP) is 3.39. The molecule has 32 heavy (non-hydrogen) atoms. The molecule has 0 spiro atoms. The molecule has 2 unspecified atom stereocenters. The molecule has 3 rings (SSSR count). The number of nitrogens with one attached hydrogen (secondary N) is 2. The third-order valence-electron chi connectivity index (χ3n) is 5.37. The topological polar surface area (TPSA) is 105 Å². The van der Waals surface area contributed by atoms with Crippen LogP contribution in [0.3, 0.4) is 0 Å². The first-order chi connectivity index (χ1) is 15.3. The van der Waals surface area contributed by atoms with E-state index in [2.05, 4.69) is 5.32 Å². The second-order valence-corrected chi connectivity index (χ2v) is 7.65. The van der Waals surface area contributed by atoms with E-state index in [1.807, 2.05) is 53.8 Å². The number of aliphatic carboxylic acids is 1. The average Bonchev–Trinajstić information content (AvgIpc) is 3.09. The molecule has 2 aromatic carbocycles. The third-order valence-corrected chi connectivity index (χ3v) is 5.37. The van der Waals surface area contributed by atoms with Crippen molar-refractivity contribution < 1.29 is 33.0 Å². The largest absolute Gasteiger partial charge is 0.481 e. The molecular weight excluding hydrogens is 422 g/mol. The van der Waals surface area contributed by atoms with Crippen molar-refractivity contribution in [2.24, 2.45) is 5.92 Å². The first-order valence-electron chi connectivity index (χ1n) is 10.2. The molecule has 0 bridgehead atoms. The number of carboxylic acids is 1. The highest BCUT2D eigenvalue weighted by Gasteiger charge is 2.30. The van der Waals surface area contributed by atoms with E-state index in [9.17, 15) is 23.2 Å². The summed E-state index contributed by atoms with van der Waals surface area (Å²) in [7, 11) is 0. The minimum Gasteiger partial charge on any atom is -0.481 e. The van der Waals surface area contributed by atoms with Crippen LogP contribution in [0, 0.1) is 5.92 Å². The van der Waals surface area contributed by atoms with E-state index in [-0.39, 0.29) is 19.1 Å². The number of fused-ring (bicyclic) bond motifs is 3. The van der Waals surface area contributed by atoms with Crippen LogP contribution in [0.2, 0.25) is 0 Å². The molecule has 0 fully saturated rings. The maximum atomic E-state index is 12.9. The minimum atomic E-state index is -3.02. The van der Waals surface area contributed by atoms with E-state index in [1.165, 1.54) is 6.92 Å². The van der Waals surface area contributed by atoms with Gasteiger partial charge in [0.1, 0.15) is 12.6 Å². The van der Waals surface area contributed by atoms with E-state index in [1.54, 1.807) is 0 Å². The van der Waals surface area contributed by atoms with E-state index >= 15 is 0 Å². The average molecular weight is 446 g/mol. The lowest BCUT2D eigenvalue weighted by Crippen LogP contribution is -2.46. The van der Waals surface area contributed by atoms with Crippen molar-refractivity contribution in [3.05, 3.63) is 59.7 Å². The minimum absolute atomic E-state index is 0.104. The zero-order valence-electron chi connectivity index (χ0n) is 17.4. The van der Waals surface area contributed by atoms with Gasteiger partial charge in [0, 0.05) is 12.5 Å². The molecule has 0 saturated carbocycles. The Morgan fingerprint density at radius 1 is 1.03 bits per heavy atom. The van der Waals surface area contributed by atoms with Gasteiger partial charge >= 0.3 is 12.1 Å². The quantitative estimate of drug-likeness (QED) is 0.548. The Labute approximate surface area is 183 Å². The lowest BCUT2D eigenvalue weighted by Gasteiger charge is -2.19. The first-order valence-corrected chi connectivity index (χ1v) is 10.2. The standard InChI is InChI=1S/C23H24F2N2O5/c1-13(22(30)27-19(21(24)25)10-20(28)29)11-26-23(31)32-12-18-16-8-4-2-6-14(16)15-7-3-5-9-17(15)18/h2-9,13,18-19,21H,10-12H2,1H3,(H,26,31)(H,27,30)(H,28,29). The lowest BCUT2D eigenvalue weighted by molar-refractivity contribution is -0.139. The van der Waals surface area contributed by atoms with Crippen LogP contribution in [0.4, 0.5) is 13.6 Å². The van der Waals surface area contributed by atoms with Crippen molar-refractivity contribution in [3.8, 4) is 11.1 Å². The van der Waals surface area contributed by atoms with Gasteiger partial charge in [-0.2, -0.15) is 0 Å². The number of alkyl carbamates (subject to hydrolysis) is 1. The summed E-state index contributed by atoms with van der Waals surface area (Å²) in [6.45, 7) is 1.39. The molecule has 2 atom stereocenters. The number of carboxylic acid groups (broad SMARTS) is 1. The molecule has 0 saturated heterocycles. The molecule has 0 radical (unpaired) electrons. The Morgan fingerprint density at radius 3 is 2.12 bits per heavy atom. The van der Waals surface area contributed by atoms with Crippen molar-refractivity contribution in [1.29, 1.82) is 0 Å². The van der Waals surface area contributed by atoms with Crippen LogP contribution in [0.5, 0.6) is 0 Å². The molecule has 2 amide bonds. The Bertz CT molecular complexity index is 952. The van der Waals surface area contributed by atoms with Crippen molar-refractivity contribution in [3.63, 3.8) is 0 Å². The third kappa shape index (κ3) is 5.40. The molecule has 1 aliphatic carbocycles. The smallest absolute Gasteiger partial charge is 0.407 e. The van der Waals surface area contributed by atoms with Gasteiger partial charge in [-0.25, -0.2) is 13.6 Å². The number of rotatable bonds is 9. The number of hydrogen-bond donors (Lipinski definition) is 3. The zero-order valence-corrected chi connectivity index (χ0v) is 17.4. The molecule has 3 N–H and O–H groups in total. The fraction of sp³-hybridized carbons (Fsp3) is 0.348. The zero-order chi connectivity index (χ0) is 23.3. The summed E-state index contributed by atoms with van der Waals surface area (Å²) in [6.07, 6.45) is -4.64. The van der Waals surface area contributed by atoms with E-state index < -0.39 is 42.8 Å². The number of carbonyl (C=O) groups excluding carboxylic acids is 2. The molecule has 1 aliphatic rings. The number of ether oxygens (including phenoxy) is 1. The van der Waals surface area contributed by atoms with Crippen molar-refractivity contribution in [1.82, 2.24) is 10.6 Å². The van der Waals surface area contributed by atoms with Crippen LogP contribution in [0.1, 0.15) is 30.4 Å². The number of benzene rings is 2. The molecule has 2 aromatic rings. The van der Waals surface area contributed by atoms with Gasteiger partial charge in [0.05, 0.1) is 12.3 Å². The van der Waals surface area contributed by atoms with Crippen molar-refractivity contribution in [2.75, 3.05) is 13.2 Å². The van der Waals surface area contributed by atoms with Gasteiger partial charge in [0.2, 0.25) is 5.91 Å². The predicted molar refractivity (Wildman–Crippen MR) is 112 cm³/mol. The van der Waals surface area contributed by atoms with Gasteiger partial charge in [-0.3, -0.25) is 9.59 Å². The van der Waals surface area contributed by atoms with Gasteiger partial charge in [0.15, 0.2) is 0 Å². The van der Waals surface area contributed by atoms with Gasteiger partial charge in [-0.1, -0.05) is 55.5 Å². The summed E-state index contributed by atoms with van der Waals surface area (Å²) < 4.78 is 31.1. The summed E-state index contributed by atoms with van der Waals surface area (Å²) in [5.41, 5.74) is 4.31. The van der Waals surface area contributed by atoms with E-state index in [0.29, 0.717) is 0 Å². The summed E-state index contributed by atoms with van der Waals surface area (Å²) in [4.78, 5) is 34.9. The molecule has 170 valence electrons. The van der Waals surface area contributed by atoms with Crippen LogP contribution in [0.15, 0.2) is 48.5 Å². The first kappa shape index (κ1) is 23.2.